The molecular formula is C18H22FN. The molecule has 0 amide bonds. The zero-order valence-electron chi connectivity index (χ0n) is 12.6. The summed E-state index contributed by atoms with van der Waals surface area (Å²) in [5.41, 5.74) is 5.59. The van der Waals surface area contributed by atoms with Crippen LogP contribution in [0, 0.1) is 19.7 Å². The van der Waals surface area contributed by atoms with E-state index >= 15 is 0 Å². The fraction of sp³-hybridized carbons (Fsp3) is 0.333. The summed E-state index contributed by atoms with van der Waals surface area (Å²) in [6.45, 7) is 9.18. The van der Waals surface area contributed by atoms with Crippen LogP contribution in [0.2, 0.25) is 0 Å². The second-order valence-electron chi connectivity index (χ2n) is 5.64. The average molecular weight is 271 g/mol. The second-order valence-corrected chi connectivity index (χ2v) is 5.64. The summed E-state index contributed by atoms with van der Waals surface area (Å²) < 4.78 is 13.5. The van der Waals surface area contributed by atoms with Crippen LogP contribution in [0.25, 0.3) is 11.1 Å². The van der Waals surface area contributed by atoms with Crippen LogP contribution < -0.4 is 5.32 Å². The smallest absolute Gasteiger partial charge is 0.123 e. The second kappa shape index (κ2) is 6.19. The number of aryl methyl sites for hydroxylation is 2. The van der Waals surface area contributed by atoms with Crippen LogP contribution in [-0.2, 0) is 6.54 Å². The molecule has 0 atom stereocenters. The highest BCUT2D eigenvalue weighted by Crippen LogP contribution is 2.28. The summed E-state index contributed by atoms with van der Waals surface area (Å²) in [5, 5.41) is 3.41. The lowest BCUT2D eigenvalue weighted by Gasteiger charge is -2.13. The lowest BCUT2D eigenvalue weighted by molar-refractivity contribution is 0.589. The monoisotopic (exact) mass is 271 g/mol. The van der Waals surface area contributed by atoms with Crippen LogP contribution in [0.4, 0.5) is 4.39 Å². The van der Waals surface area contributed by atoms with Crippen LogP contribution >= 0.6 is 0 Å². The average Bonchev–Trinajstić information content (AvgIpc) is 2.41. The van der Waals surface area contributed by atoms with Crippen molar-refractivity contribution in [1.82, 2.24) is 5.32 Å². The van der Waals surface area contributed by atoms with Gasteiger partial charge in [0.1, 0.15) is 5.82 Å². The molecule has 2 heteroatoms. The Morgan fingerprint density at radius 3 is 2.20 bits per heavy atom. The Morgan fingerprint density at radius 2 is 1.55 bits per heavy atom. The molecule has 0 fully saturated rings. The van der Waals surface area contributed by atoms with Gasteiger partial charge in [0, 0.05) is 12.6 Å². The summed E-state index contributed by atoms with van der Waals surface area (Å²) in [6, 6.07) is 11.8. The number of rotatable bonds is 4. The van der Waals surface area contributed by atoms with Crippen molar-refractivity contribution in [3.8, 4) is 11.1 Å². The Kier molecular flexibility index (Phi) is 4.56. The topological polar surface area (TPSA) is 12.0 Å². The molecule has 0 aliphatic carbocycles. The summed E-state index contributed by atoms with van der Waals surface area (Å²) in [6.07, 6.45) is 0. The van der Waals surface area contributed by atoms with Gasteiger partial charge in [-0.1, -0.05) is 32.0 Å². The molecule has 0 saturated carbocycles. The largest absolute Gasteiger partial charge is 0.310 e. The number of halogens is 1. The Hall–Kier alpha value is -1.67. The van der Waals surface area contributed by atoms with Crippen molar-refractivity contribution in [3.05, 3.63) is 58.9 Å². The molecule has 20 heavy (non-hydrogen) atoms. The van der Waals surface area contributed by atoms with Crippen molar-refractivity contribution in [2.24, 2.45) is 0 Å². The molecule has 2 rings (SSSR count). The first kappa shape index (κ1) is 14.7. The van der Waals surface area contributed by atoms with Crippen LogP contribution in [0.15, 0.2) is 36.4 Å². The fourth-order valence-electron chi connectivity index (χ4n) is 2.28. The molecule has 106 valence electrons. The molecule has 2 aromatic carbocycles. The molecule has 0 aliphatic heterocycles. The van der Waals surface area contributed by atoms with E-state index in [0.29, 0.717) is 6.04 Å². The Balaban J connectivity index is 2.40. The van der Waals surface area contributed by atoms with Gasteiger partial charge in [-0.05, 0) is 59.9 Å². The molecule has 0 radical (unpaired) electrons. The first-order valence-electron chi connectivity index (χ1n) is 7.07. The minimum Gasteiger partial charge on any atom is -0.310 e. The molecule has 2 aromatic rings. The zero-order valence-corrected chi connectivity index (χ0v) is 12.6. The van der Waals surface area contributed by atoms with E-state index in [1.165, 1.54) is 17.2 Å². The molecular weight excluding hydrogens is 249 g/mol. The normalized spacial score (nSPS) is 11.1. The van der Waals surface area contributed by atoms with Crippen molar-refractivity contribution in [2.75, 3.05) is 0 Å². The lowest BCUT2D eigenvalue weighted by atomic mass is 9.94. The number of nitrogens with one attached hydrogen (secondary N) is 1. The van der Waals surface area contributed by atoms with Crippen LogP contribution in [-0.4, -0.2) is 6.04 Å². The molecule has 0 unspecified atom stereocenters. The van der Waals surface area contributed by atoms with Crippen molar-refractivity contribution < 1.29 is 4.39 Å². The third kappa shape index (κ3) is 3.45. The maximum atomic E-state index is 13.5. The Morgan fingerprint density at radius 1 is 0.950 bits per heavy atom. The van der Waals surface area contributed by atoms with Gasteiger partial charge in [0.05, 0.1) is 0 Å². The van der Waals surface area contributed by atoms with E-state index in [4.69, 9.17) is 0 Å². The van der Waals surface area contributed by atoms with E-state index in [-0.39, 0.29) is 5.82 Å². The first-order chi connectivity index (χ1) is 9.47. The van der Waals surface area contributed by atoms with Gasteiger partial charge in [0.15, 0.2) is 0 Å². The fourth-order valence-corrected chi connectivity index (χ4v) is 2.28. The van der Waals surface area contributed by atoms with Gasteiger partial charge in [0.2, 0.25) is 0 Å². The summed E-state index contributed by atoms with van der Waals surface area (Å²) in [5.74, 6) is -0.185. The SMILES string of the molecule is Cc1ccc(F)cc1-c1cc(CNC(C)C)ccc1C. The van der Waals surface area contributed by atoms with Gasteiger partial charge in [-0.15, -0.1) is 0 Å². The molecule has 1 nitrogen and oxygen atoms in total. The Labute approximate surface area is 120 Å². The van der Waals surface area contributed by atoms with Crippen LogP contribution in [0.5, 0.6) is 0 Å². The van der Waals surface area contributed by atoms with E-state index in [1.54, 1.807) is 6.07 Å². The summed E-state index contributed by atoms with van der Waals surface area (Å²) in [7, 11) is 0. The number of hydrogen-bond donors (Lipinski definition) is 1. The minimum atomic E-state index is -0.185. The van der Waals surface area contributed by atoms with Gasteiger partial charge in [-0.2, -0.15) is 0 Å². The van der Waals surface area contributed by atoms with E-state index in [2.05, 4.69) is 44.3 Å². The van der Waals surface area contributed by atoms with Gasteiger partial charge in [-0.25, -0.2) is 4.39 Å². The zero-order chi connectivity index (χ0) is 14.7. The summed E-state index contributed by atoms with van der Waals surface area (Å²) in [4.78, 5) is 0. The van der Waals surface area contributed by atoms with Crippen molar-refractivity contribution >= 4 is 0 Å². The van der Waals surface area contributed by atoms with Crippen molar-refractivity contribution in [3.63, 3.8) is 0 Å². The molecule has 0 aromatic heterocycles. The van der Waals surface area contributed by atoms with Gasteiger partial charge < -0.3 is 5.32 Å². The molecule has 0 saturated heterocycles. The Bertz CT molecular complexity index is 602. The molecule has 0 bridgehead atoms. The van der Waals surface area contributed by atoms with Gasteiger partial charge >= 0.3 is 0 Å². The maximum Gasteiger partial charge on any atom is 0.123 e. The van der Waals surface area contributed by atoms with Gasteiger partial charge in [-0.3, -0.25) is 0 Å². The van der Waals surface area contributed by atoms with Crippen molar-refractivity contribution in [1.29, 1.82) is 0 Å². The van der Waals surface area contributed by atoms with Gasteiger partial charge in [0.25, 0.3) is 0 Å². The third-order valence-corrected chi connectivity index (χ3v) is 3.51. The number of benzene rings is 2. The van der Waals surface area contributed by atoms with Crippen LogP contribution in [0.1, 0.15) is 30.5 Å². The summed E-state index contributed by atoms with van der Waals surface area (Å²) >= 11 is 0. The third-order valence-electron chi connectivity index (χ3n) is 3.51. The minimum absolute atomic E-state index is 0.185. The predicted octanol–water partition coefficient (Wildman–Crippen LogP) is 4.61. The van der Waals surface area contributed by atoms with E-state index in [1.807, 2.05) is 13.0 Å². The first-order valence-corrected chi connectivity index (χ1v) is 7.07. The van der Waals surface area contributed by atoms with E-state index in [0.717, 1.165) is 23.2 Å². The van der Waals surface area contributed by atoms with E-state index < -0.39 is 0 Å². The molecule has 0 heterocycles. The maximum absolute atomic E-state index is 13.5. The molecule has 1 N–H and O–H groups in total. The van der Waals surface area contributed by atoms with Crippen LogP contribution in [0.3, 0.4) is 0 Å². The van der Waals surface area contributed by atoms with E-state index in [9.17, 15) is 4.39 Å². The van der Waals surface area contributed by atoms with Crippen molar-refractivity contribution in [2.45, 2.75) is 40.3 Å². The highest BCUT2D eigenvalue weighted by Gasteiger charge is 2.08. The molecule has 0 aliphatic rings. The highest BCUT2D eigenvalue weighted by molar-refractivity contribution is 5.71. The predicted molar refractivity (Wildman–Crippen MR) is 83.3 cm³/mol. The quantitative estimate of drug-likeness (QED) is 0.856. The highest BCUT2D eigenvalue weighted by atomic mass is 19.1. The number of hydrogen-bond acceptors (Lipinski definition) is 1. The lowest BCUT2D eigenvalue weighted by Crippen LogP contribution is -2.21. The molecule has 0 spiro atoms. The standard InChI is InChI=1S/C18H22FN/c1-12(2)20-11-15-7-5-13(3)17(9-15)18-10-16(19)8-6-14(18)4/h5-10,12,20H,11H2,1-4H3.